The molecule has 72 heavy (non-hydrogen) atoms. The largest absolute Gasteiger partial charge is 1.00 e. The van der Waals surface area contributed by atoms with Crippen molar-refractivity contribution in [3.63, 3.8) is 0 Å². The fraction of sp³-hybridized carbons (Fsp3) is 0.367. The third kappa shape index (κ3) is 14.1. The topological polar surface area (TPSA) is 244 Å². The molecule has 0 radical (unpaired) electrons. The summed E-state index contributed by atoms with van der Waals surface area (Å²) >= 11 is 7.34. The van der Waals surface area contributed by atoms with Gasteiger partial charge in [0.2, 0.25) is 5.69 Å². The number of allylic oxidation sites excluding steroid dienone is 6. The molecule has 4 aromatic rings. The first-order valence-electron chi connectivity index (χ1n) is 22.0. The molecule has 0 N–H and O–H groups in total. The summed E-state index contributed by atoms with van der Waals surface area (Å²) in [7, 11) is -18.4. The molecule has 2 aliphatic heterocycles. The number of benzene rings is 4. The molecule has 0 fully saturated rings. The van der Waals surface area contributed by atoms with Crippen LogP contribution in [0, 0.1) is 12.3 Å². The number of ether oxygens (including phenoxy) is 1. The van der Waals surface area contributed by atoms with Crippen molar-refractivity contribution in [1.82, 2.24) is 0 Å². The first-order chi connectivity index (χ1) is 32.1. The summed E-state index contributed by atoms with van der Waals surface area (Å²) in [6, 6.07) is 15.5. The molecular formula is C49H50ClN2Na3O13S4. The Kier molecular flexibility index (Phi) is 21.2. The Hall–Kier alpha value is -1.72. The molecule has 4 aromatic carbocycles. The molecule has 1 atom stereocenters. The van der Waals surface area contributed by atoms with E-state index in [4.69, 9.17) is 22.8 Å². The molecule has 7 rings (SSSR count). The Labute approximate surface area is 494 Å². The summed E-state index contributed by atoms with van der Waals surface area (Å²) < 4.78 is 149. The molecule has 23 heteroatoms. The Morgan fingerprint density at radius 2 is 1.28 bits per heavy atom. The summed E-state index contributed by atoms with van der Waals surface area (Å²) in [5.74, 6) is 1.47. The number of anilines is 1. The minimum absolute atomic E-state index is 0. The quantitative estimate of drug-likeness (QED) is 0.0377. The molecule has 0 aromatic heterocycles. The van der Waals surface area contributed by atoms with Crippen LogP contribution in [0.4, 0.5) is 11.4 Å². The molecule has 3 aliphatic rings. The summed E-state index contributed by atoms with van der Waals surface area (Å²) in [6.07, 6.45) is 14.6. The number of halogens is 1. The molecule has 2 heterocycles. The van der Waals surface area contributed by atoms with E-state index < -0.39 is 68.9 Å². The maximum absolute atomic E-state index is 11.9. The van der Waals surface area contributed by atoms with E-state index >= 15 is 0 Å². The fourth-order valence-electron chi connectivity index (χ4n) is 9.91. The van der Waals surface area contributed by atoms with E-state index in [1.807, 2.05) is 73.6 Å². The maximum Gasteiger partial charge on any atom is 1.00 e. The molecule has 15 nitrogen and oxygen atoms in total. The van der Waals surface area contributed by atoms with Gasteiger partial charge in [-0.1, -0.05) is 61.7 Å². The van der Waals surface area contributed by atoms with Crippen LogP contribution in [-0.2, 0) is 56.0 Å². The van der Waals surface area contributed by atoms with Crippen molar-refractivity contribution in [2.24, 2.45) is 0 Å². The van der Waals surface area contributed by atoms with Crippen molar-refractivity contribution in [2.45, 2.75) is 92.9 Å². The van der Waals surface area contributed by atoms with Gasteiger partial charge in [-0.3, -0.25) is 0 Å². The van der Waals surface area contributed by atoms with Crippen molar-refractivity contribution in [3.05, 3.63) is 118 Å². The third-order valence-electron chi connectivity index (χ3n) is 13.0. The third-order valence-corrected chi connectivity index (χ3v) is 16.7. The average molecular weight is 1110 g/mol. The second kappa shape index (κ2) is 24.3. The monoisotopic (exact) mass is 1110 g/mol. The van der Waals surface area contributed by atoms with Crippen molar-refractivity contribution >= 4 is 90.7 Å². The second-order valence-corrected chi connectivity index (χ2v) is 24.6. The number of terminal acetylenes is 1. The summed E-state index contributed by atoms with van der Waals surface area (Å²) in [5.41, 5.74) is 4.79. The Morgan fingerprint density at radius 3 is 1.83 bits per heavy atom. The number of fused-ring (bicyclic) bond motifs is 6. The van der Waals surface area contributed by atoms with E-state index in [0.29, 0.717) is 76.5 Å². The molecule has 1 aliphatic carbocycles. The van der Waals surface area contributed by atoms with Gasteiger partial charge >= 0.3 is 88.7 Å². The van der Waals surface area contributed by atoms with Crippen LogP contribution in [0.3, 0.4) is 0 Å². The van der Waals surface area contributed by atoms with Gasteiger partial charge in [0.15, 0.2) is 5.71 Å². The van der Waals surface area contributed by atoms with Gasteiger partial charge in [-0.2, -0.15) is 4.58 Å². The van der Waals surface area contributed by atoms with Crippen molar-refractivity contribution in [2.75, 3.05) is 36.1 Å². The van der Waals surface area contributed by atoms with Crippen LogP contribution >= 0.6 is 11.6 Å². The average Bonchev–Trinajstić information content (AvgIpc) is 3.61. The van der Waals surface area contributed by atoms with Crippen LogP contribution in [0.5, 0.6) is 0 Å². The Morgan fingerprint density at radius 1 is 0.722 bits per heavy atom. The molecule has 0 spiro atoms. The predicted molar refractivity (Wildman–Crippen MR) is 261 cm³/mol. The van der Waals surface area contributed by atoms with Crippen LogP contribution in [0.15, 0.2) is 117 Å². The van der Waals surface area contributed by atoms with Gasteiger partial charge in [-0.25, -0.2) is 33.7 Å². The van der Waals surface area contributed by atoms with Crippen LogP contribution in [-0.4, -0.2) is 99.5 Å². The van der Waals surface area contributed by atoms with Crippen LogP contribution < -0.4 is 93.6 Å². The molecular weight excluding hydrogens is 1060 g/mol. The number of hydrogen-bond acceptors (Lipinski definition) is 14. The van der Waals surface area contributed by atoms with Gasteiger partial charge in [0.25, 0.3) is 0 Å². The van der Waals surface area contributed by atoms with Gasteiger partial charge < -0.3 is 27.8 Å². The number of hydrogen-bond donors (Lipinski definition) is 0. The van der Waals surface area contributed by atoms with Crippen molar-refractivity contribution in [3.8, 4) is 12.3 Å². The van der Waals surface area contributed by atoms with E-state index in [0.717, 1.165) is 33.9 Å². The van der Waals surface area contributed by atoms with E-state index in [1.165, 1.54) is 24.3 Å². The summed E-state index contributed by atoms with van der Waals surface area (Å²) in [5, 5.41) is 2.95. The van der Waals surface area contributed by atoms with Gasteiger partial charge in [0, 0.05) is 76.9 Å². The standard InChI is InChI=1S/C49H53ClN2O13S4.3Na/c1-6-25-65-36-28-34(13-21-43-48(2,3)45-39-17-15-37(68(59,60)61)30-32(39)11-19-41(45)51(43)23-7-9-26-66(53,54)55)47(50)35(29-36)14-22-44-49(4,5)46-40-18-16-38(69(62,63)64)31-33(40)12-20-42(46)52(44)24-8-10-27-67(56,57)58;;;/h1,11-22,30-31,36H,7-10,23-29H2,2-5H3,(H3-,53,54,55,56,57,58,59,60,61,62,63,64);;;/q;3*+1/p-3. The van der Waals surface area contributed by atoms with Crippen LogP contribution in [0.1, 0.15) is 77.3 Å². The first kappa shape index (κ1) is 62.8. The van der Waals surface area contributed by atoms with Crippen molar-refractivity contribution < 1.29 is 150 Å². The van der Waals surface area contributed by atoms with Gasteiger partial charge in [0.1, 0.15) is 33.4 Å². The smallest absolute Gasteiger partial charge is 0.748 e. The first-order valence-corrected chi connectivity index (χ1v) is 28.4. The van der Waals surface area contributed by atoms with Gasteiger partial charge in [0.05, 0.1) is 41.5 Å². The summed E-state index contributed by atoms with van der Waals surface area (Å²) in [6.45, 7) is 8.69. The zero-order valence-electron chi connectivity index (χ0n) is 41.2. The van der Waals surface area contributed by atoms with Crippen LogP contribution in [0.25, 0.3) is 21.5 Å². The second-order valence-electron chi connectivity index (χ2n) is 18.4. The maximum atomic E-state index is 11.9. The van der Waals surface area contributed by atoms with E-state index in [2.05, 4.69) is 5.92 Å². The Bertz CT molecular complexity index is 3460. The Balaban J connectivity index is 0.00000375. The molecule has 0 saturated heterocycles. The van der Waals surface area contributed by atoms with E-state index in [9.17, 15) is 51.9 Å². The normalized spacial score (nSPS) is 18.8. The van der Waals surface area contributed by atoms with E-state index in [1.54, 1.807) is 24.3 Å². The van der Waals surface area contributed by atoms with Gasteiger partial charge in [-0.05, 0) is 114 Å². The van der Waals surface area contributed by atoms with Crippen molar-refractivity contribution in [1.29, 1.82) is 0 Å². The van der Waals surface area contributed by atoms with E-state index in [-0.39, 0.29) is 118 Å². The zero-order chi connectivity index (χ0) is 50.5. The minimum atomic E-state index is -4.73. The fourth-order valence-corrected chi connectivity index (χ4v) is 12.3. The number of unbranched alkanes of at least 4 members (excludes halogenated alkanes) is 2. The number of rotatable bonds is 17. The molecule has 368 valence electrons. The molecule has 0 saturated carbocycles. The van der Waals surface area contributed by atoms with Crippen LogP contribution in [0.2, 0.25) is 0 Å². The predicted octanol–water partition coefficient (Wildman–Crippen LogP) is -1.69. The zero-order valence-corrected chi connectivity index (χ0v) is 51.3. The number of nitrogens with zero attached hydrogens (tertiary/aromatic N) is 2. The molecule has 1 unspecified atom stereocenters. The SMILES string of the molecule is C#CCOC1CC(/C=C/C2=[N+](CCCCS(=O)(=O)[O-])c3ccc4cc(S(=O)(=O)[O-])ccc4c3C2(C)C)=C(Cl)C(=C/C=C2\N(CCCCS(=O)(=O)[O-])c3ccc4cc(S(=O)(=O)[O-])ccc4c3C2(C)C)/C1.[Na+].[Na+].[Na+]. The summed E-state index contributed by atoms with van der Waals surface area (Å²) in [4.78, 5) is 1.31. The minimum Gasteiger partial charge on any atom is -0.748 e. The molecule has 0 bridgehead atoms. The van der Waals surface area contributed by atoms with Gasteiger partial charge in [-0.15, -0.1) is 6.42 Å². The molecule has 0 amide bonds.